The van der Waals surface area contributed by atoms with E-state index < -0.39 is 28.5 Å². The van der Waals surface area contributed by atoms with Crippen LogP contribution in [-0.4, -0.2) is 51.4 Å². The lowest BCUT2D eigenvalue weighted by Gasteiger charge is -2.33. The highest BCUT2D eigenvalue weighted by atomic mass is 35.5. The highest BCUT2D eigenvalue weighted by molar-refractivity contribution is 7.92. The normalized spacial score (nSPS) is 11.9. The van der Waals surface area contributed by atoms with Crippen LogP contribution in [0.4, 0.5) is 5.69 Å². The molecule has 0 aliphatic rings. The minimum absolute atomic E-state index is 0.000491. The minimum atomic E-state index is -4.23. The third kappa shape index (κ3) is 7.68. The number of likely N-dealkylation sites (N-methyl/N-ethyl adjacent to an activating group) is 1. The van der Waals surface area contributed by atoms with Crippen LogP contribution in [0.3, 0.4) is 0 Å². The molecule has 0 fully saturated rings. The first-order chi connectivity index (χ1) is 19.0. The molecular formula is C29H33Cl2N3O5S. The number of rotatable bonds is 12. The number of aryl methyl sites for hydroxylation is 1. The molecule has 2 amide bonds. The number of amides is 2. The molecule has 1 atom stereocenters. The van der Waals surface area contributed by atoms with E-state index in [1.807, 2.05) is 6.92 Å². The highest BCUT2D eigenvalue weighted by Crippen LogP contribution is 2.30. The predicted molar refractivity (Wildman–Crippen MR) is 158 cm³/mol. The molecule has 3 rings (SSSR count). The Morgan fingerprint density at radius 1 is 0.950 bits per heavy atom. The average Bonchev–Trinajstić information content (AvgIpc) is 2.91. The van der Waals surface area contributed by atoms with Crippen molar-refractivity contribution in [1.82, 2.24) is 10.2 Å². The summed E-state index contributed by atoms with van der Waals surface area (Å²) >= 11 is 12.5. The summed E-state index contributed by atoms with van der Waals surface area (Å²) in [5.41, 5.74) is 1.75. The zero-order valence-electron chi connectivity index (χ0n) is 22.9. The first kappa shape index (κ1) is 31.3. The molecule has 40 heavy (non-hydrogen) atoms. The summed E-state index contributed by atoms with van der Waals surface area (Å²) in [5.74, 6) is -0.253. The van der Waals surface area contributed by atoms with Gasteiger partial charge in [0.25, 0.3) is 10.0 Å². The van der Waals surface area contributed by atoms with Crippen molar-refractivity contribution in [3.63, 3.8) is 0 Å². The van der Waals surface area contributed by atoms with Crippen molar-refractivity contribution >= 4 is 50.7 Å². The number of anilines is 1. The summed E-state index contributed by atoms with van der Waals surface area (Å²) in [6, 6.07) is 16.9. The molecule has 0 aliphatic carbocycles. The molecule has 0 bridgehead atoms. The van der Waals surface area contributed by atoms with E-state index in [4.69, 9.17) is 27.9 Å². The number of hydrogen-bond acceptors (Lipinski definition) is 5. The Balaban J connectivity index is 2.08. The molecule has 0 aliphatic heterocycles. The summed E-state index contributed by atoms with van der Waals surface area (Å²) in [6.07, 6.45) is 0.321. The third-order valence-electron chi connectivity index (χ3n) is 6.27. The van der Waals surface area contributed by atoms with E-state index in [0.29, 0.717) is 18.7 Å². The average molecular weight is 607 g/mol. The van der Waals surface area contributed by atoms with Crippen LogP contribution in [0.5, 0.6) is 5.75 Å². The van der Waals surface area contributed by atoms with Gasteiger partial charge in [-0.3, -0.25) is 13.9 Å². The van der Waals surface area contributed by atoms with Crippen molar-refractivity contribution < 1.29 is 22.7 Å². The molecule has 0 spiro atoms. The first-order valence-electron chi connectivity index (χ1n) is 12.8. The Morgan fingerprint density at radius 2 is 1.55 bits per heavy atom. The van der Waals surface area contributed by atoms with Crippen LogP contribution in [0.25, 0.3) is 0 Å². The van der Waals surface area contributed by atoms with Crippen LogP contribution < -0.4 is 14.4 Å². The Morgan fingerprint density at radius 3 is 2.08 bits per heavy atom. The second kappa shape index (κ2) is 13.9. The van der Waals surface area contributed by atoms with E-state index in [0.717, 1.165) is 15.4 Å². The number of carbonyl (C=O) groups excluding carboxylic acids is 2. The van der Waals surface area contributed by atoms with E-state index in [9.17, 15) is 18.0 Å². The number of ether oxygens (including phenoxy) is 1. The van der Waals surface area contributed by atoms with Gasteiger partial charge in [-0.25, -0.2) is 8.42 Å². The summed E-state index contributed by atoms with van der Waals surface area (Å²) < 4.78 is 34.0. The Hall–Kier alpha value is -3.27. The molecule has 0 unspecified atom stereocenters. The number of nitrogens with zero attached hydrogens (tertiary/aromatic N) is 2. The molecular weight excluding hydrogens is 573 g/mol. The van der Waals surface area contributed by atoms with Crippen molar-refractivity contribution in [2.45, 2.75) is 44.7 Å². The van der Waals surface area contributed by atoms with E-state index >= 15 is 0 Å². The van der Waals surface area contributed by atoms with Gasteiger partial charge in [-0.15, -0.1) is 0 Å². The third-order valence-corrected chi connectivity index (χ3v) is 8.50. The van der Waals surface area contributed by atoms with Crippen molar-refractivity contribution in [2.24, 2.45) is 0 Å². The summed E-state index contributed by atoms with van der Waals surface area (Å²) in [4.78, 5) is 28.4. The van der Waals surface area contributed by atoms with Gasteiger partial charge in [0.15, 0.2) is 0 Å². The van der Waals surface area contributed by atoms with Crippen LogP contribution in [0.15, 0.2) is 71.6 Å². The Kier molecular flexibility index (Phi) is 10.8. The van der Waals surface area contributed by atoms with Crippen LogP contribution in [0, 0.1) is 6.92 Å². The molecule has 3 aromatic carbocycles. The number of hydrogen-bond donors (Lipinski definition) is 1. The number of halogens is 2. The van der Waals surface area contributed by atoms with Gasteiger partial charge in [0.05, 0.1) is 17.7 Å². The molecule has 214 valence electrons. The maximum Gasteiger partial charge on any atom is 0.264 e. The zero-order chi connectivity index (χ0) is 29.4. The van der Waals surface area contributed by atoms with Gasteiger partial charge in [0, 0.05) is 23.1 Å². The Labute approximate surface area is 245 Å². The number of methoxy groups -OCH3 is 1. The lowest BCUT2D eigenvalue weighted by molar-refractivity contribution is -0.140. The second-order valence-electron chi connectivity index (χ2n) is 9.14. The highest BCUT2D eigenvalue weighted by Gasteiger charge is 2.33. The second-order valence-corrected chi connectivity index (χ2v) is 11.9. The van der Waals surface area contributed by atoms with Crippen LogP contribution in [-0.2, 0) is 26.2 Å². The van der Waals surface area contributed by atoms with E-state index in [1.54, 1.807) is 57.4 Å². The molecule has 0 saturated heterocycles. The fraction of sp³-hybridized carbons (Fsp3) is 0.310. The Bertz CT molecular complexity index is 1410. The predicted octanol–water partition coefficient (Wildman–Crippen LogP) is 5.45. The molecule has 8 nitrogen and oxygen atoms in total. The fourth-order valence-electron chi connectivity index (χ4n) is 4.19. The summed E-state index contributed by atoms with van der Waals surface area (Å²) in [7, 11) is -2.67. The monoisotopic (exact) mass is 605 g/mol. The van der Waals surface area contributed by atoms with Gasteiger partial charge in [0.2, 0.25) is 11.8 Å². The first-order valence-corrected chi connectivity index (χ1v) is 14.9. The summed E-state index contributed by atoms with van der Waals surface area (Å²) in [5, 5.41) is 3.20. The number of nitrogens with one attached hydrogen (secondary N) is 1. The topological polar surface area (TPSA) is 96.0 Å². The van der Waals surface area contributed by atoms with E-state index in [-0.39, 0.29) is 33.1 Å². The van der Waals surface area contributed by atoms with Gasteiger partial charge in [0.1, 0.15) is 18.3 Å². The van der Waals surface area contributed by atoms with Gasteiger partial charge < -0.3 is 15.0 Å². The molecule has 3 aromatic rings. The standard InChI is InChI=1S/C29H33Cl2N3O5S/c1-5-27(29(36)32-6-2)33(18-21-9-11-25(39-4)12-10-21)28(35)19-34(24-16-22(30)15-23(31)17-24)40(37,38)26-13-7-20(3)8-14-26/h7-17,27H,5-6,18-19H2,1-4H3,(H,32,36)/t27-/m0/s1. The number of benzene rings is 3. The largest absolute Gasteiger partial charge is 0.497 e. The molecule has 0 radical (unpaired) electrons. The van der Waals surface area contributed by atoms with Gasteiger partial charge in [-0.1, -0.05) is 60.0 Å². The van der Waals surface area contributed by atoms with Crippen molar-refractivity contribution in [3.05, 3.63) is 87.9 Å². The maximum atomic E-state index is 14.0. The quantitative estimate of drug-likeness (QED) is 0.296. The summed E-state index contributed by atoms with van der Waals surface area (Å²) in [6.45, 7) is 5.31. The molecule has 0 saturated carbocycles. The fourth-order valence-corrected chi connectivity index (χ4v) is 6.10. The van der Waals surface area contributed by atoms with Crippen LogP contribution >= 0.6 is 23.2 Å². The molecule has 0 aromatic heterocycles. The number of sulfonamides is 1. The van der Waals surface area contributed by atoms with Crippen molar-refractivity contribution in [1.29, 1.82) is 0 Å². The SMILES string of the molecule is CCNC(=O)[C@H](CC)N(Cc1ccc(OC)cc1)C(=O)CN(c1cc(Cl)cc(Cl)c1)S(=O)(=O)c1ccc(C)cc1. The van der Waals surface area contributed by atoms with Crippen LogP contribution in [0.2, 0.25) is 10.0 Å². The van der Waals surface area contributed by atoms with Crippen molar-refractivity contribution in [2.75, 3.05) is 24.5 Å². The van der Waals surface area contributed by atoms with Gasteiger partial charge >= 0.3 is 0 Å². The lowest BCUT2D eigenvalue weighted by Crippen LogP contribution is -2.52. The smallest absolute Gasteiger partial charge is 0.264 e. The molecule has 11 heteroatoms. The van der Waals surface area contributed by atoms with Crippen molar-refractivity contribution in [3.8, 4) is 5.75 Å². The minimum Gasteiger partial charge on any atom is -0.497 e. The number of carbonyl (C=O) groups is 2. The zero-order valence-corrected chi connectivity index (χ0v) is 25.2. The lowest BCUT2D eigenvalue weighted by atomic mass is 10.1. The van der Waals surface area contributed by atoms with Gasteiger partial charge in [-0.05, 0) is 68.3 Å². The molecule has 0 heterocycles. The molecule has 1 N–H and O–H groups in total. The van der Waals surface area contributed by atoms with E-state index in [2.05, 4.69) is 5.32 Å². The van der Waals surface area contributed by atoms with Crippen LogP contribution in [0.1, 0.15) is 31.4 Å². The maximum absolute atomic E-state index is 14.0. The van der Waals surface area contributed by atoms with Gasteiger partial charge in [-0.2, -0.15) is 0 Å². The van der Waals surface area contributed by atoms with E-state index in [1.165, 1.54) is 35.2 Å².